The molecule has 4 rings (SSSR count). The normalized spacial score (nSPS) is 16.1. The Bertz CT molecular complexity index is 959. The summed E-state index contributed by atoms with van der Waals surface area (Å²) in [5.41, 5.74) is 1.97. The minimum absolute atomic E-state index is 0.205. The average molecular weight is 424 g/mol. The number of rotatable bonds is 9. The summed E-state index contributed by atoms with van der Waals surface area (Å²) in [7, 11) is 1.66. The molecule has 30 heavy (non-hydrogen) atoms. The molecule has 1 saturated heterocycles. The lowest BCUT2D eigenvalue weighted by atomic mass is 10.1. The van der Waals surface area contributed by atoms with Crippen molar-refractivity contribution in [2.45, 2.75) is 6.42 Å². The van der Waals surface area contributed by atoms with Crippen molar-refractivity contribution in [1.29, 1.82) is 0 Å². The number of para-hydroxylation sites is 1. The SMILES string of the molecule is COCCN1CC(CNc2nc(-c3ccc(Oc4ccccc4)cc3)cs2)CC1=O. The number of thiazole rings is 1. The van der Waals surface area contributed by atoms with Crippen LogP contribution >= 0.6 is 11.3 Å². The van der Waals surface area contributed by atoms with E-state index in [2.05, 4.69) is 5.32 Å². The molecule has 1 unspecified atom stereocenters. The van der Waals surface area contributed by atoms with Crippen molar-refractivity contribution in [2.24, 2.45) is 5.92 Å². The van der Waals surface area contributed by atoms with E-state index >= 15 is 0 Å². The van der Waals surface area contributed by atoms with E-state index in [0.717, 1.165) is 41.0 Å². The first kappa shape index (κ1) is 20.4. The van der Waals surface area contributed by atoms with Gasteiger partial charge in [-0.05, 0) is 36.4 Å². The first-order chi connectivity index (χ1) is 14.7. The third-order valence-electron chi connectivity index (χ3n) is 5.04. The summed E-state index contributed by atoms with van der Waals surface area (Å²) >= 11 is 1.58. The number of carbonyl (C=O) groups is 1. The maximum Gasteiger partial charge on any atom is 0.223 e. The number of benzene rings is 2. The van der Waals surface area contributed by atoms with Gasteiger partial charge in [-0.2, -0.15) is 0 Å². The summed E-state index contributed by atoms with van der Waals surface area (Å²) in [5.74, 6) is 2.12. The van der Waals surface area contributed by atoms with Gasteiger partial charge in [0.15, 0.2) is 5.13 Å². The number of hydrogen-bond donors (Lipinski definition) is 1. The van der Waals surface area contributed by atoms with E-state index in [4.69, 9.17) is 14.5 Å². The van der Waals surface area contributed by atoms with Crippen molar-refractivity contribution >= 4 is 22.4 Å². The molecule has 0 saturated carbocycles. The Hall–Kier alpha value is -2.90. The number of likely N-dealkylation sites (tertiary alicyclic amines) is 1. The van der Waals surface area contributed by atoms with Crippen LogP contribution in [0.1, 0.15) is 6.42 Å². The van der Waals surface area contributed by atoms with E-state index in [0.29, 0.717) is 25.5 Å². The number of carbonyl (C=O) groups excluding carboxylic acids is 1. The molecule has 1 aliphatic rings. The minimum atomic E-state index is 0.205. The van der Waals surface area contributed by atoms with Gasteiger partial charge in [-0.3, -0.25) is 4.79 Å². The molecule has 3 aromatic rings. The fourth-order valence-corrected chi connectivity index (χ4v) is 4.18. The Labute approximate surface area is 180 Å². The van der Waals surface area contributed by atoms with Gasteiger partial charge in [0, 0.05) is 50.0 Å². The molecule has 1 amide bonds. The monoisotopic (exact) mass is 423 g/mol. The number of nitrogens with one attached hydrogen (secondary N) is 1. The van der Waals surface area contributed by atoms with Crippen LogP contribution in [0.25, 0.3) is 11.3 Å². The number of aromatic nitrogens is 1. The molecule has 0 bridgehead atoms. The Balaban J connectivity index is 1.30. The Morgan fingerprint density at radius 2 is 1.90 bits per heavy atom. The van der Waals surface area contributed by atoms with E-state index in [1.165, 1.54) is 0 Å². The zero-order valence-electron chi connectivity index (χ0n) is 16.9. The van der Waals surface area contributed by atoms with Crippen molar-refractivity contribution in [1.82, 2.24) is 9.88 Å². The highest BCUT2D eigenvalue weighted by Gasteiger charge is 2.29. The second-order valence-corrected chi connectivity index (χ2v) is 8.12. The van der Waals surface area contributed by atoms with Gasteiger partial charge in [-0.1, -0.05) is 18.2 Å². The van der Waals surface area contributed by atoms with Gasteiger partial charge in [0.2, 0.25) is 5.91 Å². The highest BCUT2D eigenvalue weighted by Crippen LogP contribution is 2.28. The molecule has 1 aromatic heterocycles. The number of hydrogen-bond acceptors (Lipinski definition) is 6. The molecule has 6 nitrogen and oxygen atoms in total. The van der Waals surface area contributed by atoms with Gasteiger partial charge in [0.25, 0.3) is 0 Å². The van der Waals surface area contributed by atoms with Gasteiger partial charge < -0.3 is 19.7 Å². The predicted molar refractivity (Wildman–Crippen MR) is 119 cm³/mol. The fraction of sp³-hybridized carbons (Fsp3) is 0.304. The van der Waals surface area contributed by atoms with Gasteiger partial charge in [-0.25, -0.2) is 4.98 Å². The molecule has 0 radical (unpaired) electrons. The molecule has 7 heteroatoms. The van der Waals surface area contributed by atoms with Crippen LogP contribution in [0.5, 0.6) is 11.5 Å². The zero-order chi connectivity index (χ0) is 20.8. The maximum atomic E-state index is 12.1. The van der Waals surface area contributed by atoms with E-state index in [-0.39, 0.29) is 5.91 Å². The van der Waals surface area contributed by atoms with Crippen LogP contribution in [0.2, 0.25) is 0 Å². The molecule has 2 heterocycles. The number of anilines is 1. The summed E-state index contributed by atoms with van der Waals surface area (Å²) in [6.45, 7) is 2.76. The first-order valence-corrected chi connectivity index (χ1v) is 10.9. The van der Waals surface area contributed by atoms with Crippen LogP contribution in [0.4, 0.5) is 5.13 Å². The number of methoxy groups -OCH3 is 1. The molecule has 156 valence electrons. The Morgan fingerprint density at radius 3 is 2.67 bits per heavy atom. The standard InChI is InChI=1S/C23H25N3O3S/c1-28-12-11-26-15-17(13-22(26)27)14-24-23-25-21(16-30-23)18-7-9-20(10-8-18)29-19-5-3-2-4-6-19/h2-10,16-17H,11-15H2,1H3,(H,24,25). The molecule has 2 aromatic carbocycles. The van der Waals surface area contributed by atoms with E-state index in [9.17, 15) is 4.79 Å². The fourth-order valence-electron chi connectivity index (χ4n) is 3.45. The van der Waals surface area contributed by atoms with Crippen molar-refractivity contribution in [3.63, 3.8) is 0 Å². The summed E-state index contributed by atoms with van der Waals surface area (Å²) in [6, 6.07) is 17.7. The number of nitrogens with zero attached hydrogens (tertiary/aromatic N) is 2. The van der Waals surface area contributed by atoms with Gasteiger partial charge in [0.05, 0.1) is 12.3 Å². The van der Waals surface area contributed by atoms with Crippen LogP contribution in [0.15, 0.2) is 60.0 Å². The predicted octanol–water partition coefficient (Wildman–Crippen LogP) is 4.51. The van der Waals surface area contributed by atoms with Crippen LogP contribution < -0.4 is 10.1 Å². The molecule has 0 spiro atoms. The molecule has 0 aliphatic carbocycles. The minimum Gasteiger partial charge on any atom is -0.457 e. The summed E-state index contributed by atoms with van der Waals surface area (Å²) in [5, 5.41) is 6.30. The second kappa shape index (κ2) is 9.73. The quantitative estimate of drug-likeness (QED) is 0.549. The van der Waals surface area contributed by atoms with E-state index in [1.807, 2.05) is 64.9 Å². The highest BCUT2D eigenvalue weighted by atomic mass is 32.1. The largest absolute Gasteiger partial charge is 0.457 e. The molecule has 1 atom stereocenters. The molecular weight excluding hydrogens is 398 g/mol. The Morgan fingerprint density at radius 1 is 1.13 bits per heavy atom. The summed E-state index contributed by atoms with van der Waals surface area (Å²) in [6.07, 6.45) is 0.581. The summed E-state index contributed by atoms with van der Waals surface area (Å²) in [4.78, 5) is 18.6. The number of ether oxygens (including phenoxy) is 2. The zero-order valence-corrected chi connectivity index (χ0v) is 17.7. The smallest absolute Gasteiger partial charge is 0.223 e. The molecule has 1 fully saturated rings. The van der Waals surface area contributed by atoms with Gasteiger partial charge >= 0.3 is 0 Å². The van der Waals surface area contributed by atoms with Crippen LogP contribution in [-0.4, -0.2) is 49.1 Å². The van der Waals surface area contributed by atoms with E-state index in [1.54, 1.807) is 18.4 Å². The van der Waals surface area contributed by atoms with Crippen molar-refractivity contribution in [3.8, 4) is 22.8 Å². The van der Waals surface area contributed by atoms with Gasteiger partial charge in [0.1, 0.15) is 11.5 Å². The lowest BCUT2D eigenvalue weighted by molar-refractivity contribution is -0.128. The van der Waals surface area contributed by atoms with Crippen molar-refractivity contribution in [2.75, 3.05) is 38.7 Å². The Kier molecular flexibility index (Phi) is 6.61. The molecule has 1 N–H and O–H groups in total. The van der Waals surface area contributed by atoms with Crippen LogP contribution in [0, 0.1) is 5.92 Å². The number of amides is 1. The van der Waals surface area contributed by atoms with Crippen molar-refractivity contribution < 1.29 is 14.3 Å². The highest BCUT2D eigenvalue weighted by molar-refractivity contribution is 7.14. The lowest BCUT2D eigenvalue weighted by Gasteiger charge is -2.16. The molecular formula is C23H25N3O3S. The molecule has 1 aliphatic heterocycles. The summed E-state index contributed by atoms with van der Waals surface area (Å²) < 4.78 is 10.9. The lowest BCUT2D eigenvalue weighted by Crippen LogP contribution is -2.29. The third-order valence-corrected chi connectivity index (χ3v) is 5.84. The van der Waals surface area contributed by atoms with Crippen LogP contribution in [0.3, 0.4) is 0 Å². The average Bonchev–Trinajstić information content (AvgIpc) is 3.38. The van der Waals surface area contributed by atoms with E-state index < -0.39 is 0 Å². The maximum absolute atomic E-state index is 12.1. The first-order valence-electron chi connectivity index (χ1n) is 10.0. The van der Waals surface area contributed by atoms with Crippen molar-refractivity contribution in [3.05, 3.63) is 60.0 Å². The topological polar surface area (TPSA) is 63.7 Å². The van der Waals surface area contributed by atoms with Gasteiger partial charge in [-0.15, -0.1) is 11.3 Å². The second-order valence-electron chi connectivity index (χ2n) is 7.26. The van der Waals surface area contributed by atoms with Crippen LogP contribution in [-0.2, 0) is 9.53 Å². The third kappa shape index (κ3) is 5.17.